The van der Waals surface area contributed by atoms with Crippen LogP contribution in [0, 0.1) is 6.92 Å². The molecule has 0 bridgehead atoms. The number of nitrogens with one attached hydrogen (secondary N) is 1. The van der Waals surface area contributed by atoms with E-state index in [9.17, 15) is 14.4 Å². The molecule has 2 amide bonds. The van der Waals surface area contributed by atoms with E-state index in [0.717, 1.165) is 5.69 Å². The van der Waals surface area contributed by atoms with E-state index in [0.29, 0.717) is 47.9 Å². The van der Waals surface area contributed by atoms with Crippen LogP contribution in [-0.4, -0.2) is 59.0 Å². The smallest absolute Gasteiger partial charge is 0.261 e. The second kappa shape index (κ2) is 9.40. The van der Waals surface area contributed by atoms with Crippen LogP contribution in [0.25, 0.3) is 10.9 Å². The minimum Gasteiger partial charge on any atom is -0.368 e. The SMILES string of the molecule is Cc1nc2ccccc2c(=O)n1CC(=O)NCC(=O)N1CCN(c2ccc(Cl)cc2)CC1. The molecule has 0 saturated carbocycles. The zero-order chi connectivity index (χ0) is 22.7. The molecule has 1 saturated heterocycles. The molecule has 32 heavy (non-hydrogen) atoms. The van der Waals surface area contributed by atoms with Crippen molar-refractivity contribution in [3.63, 3.8) is 0 Å². The van der Waals surface area contributed by atoms with Gasteiger partial charge in [-0.05, 0) is 43.3 Å². The van der Waals surface area contributed by atoms with Gasteiger partial charge in [0, 0.05) is 36.9 Å². The maximum atomic E-state index is 12.7. The lowest BCUT2D eigenvalue weighted by atomic mass is 10.2. The second-order valence-corrected chi connectivity index (χ2v) is 8.12. The van der Waals surface area contributed by atoms with Gasteiger partial charge in [-0.15, -0.1) is 0 Å². The van der Waals surface area contributed by atoms with E-state index in [-0.39, 0.29) is 24.6 Å². The Labute approximate surface area is 190 Å². The Hall–Kier alpha value is -3.39. The minimum absolute atomic E-state index is 0.103. The van der Waals surface area contributed by atoms with Crippen LogP contribution in [0.4, 0.5) is 5.69 Å². The molecule has 2 heterocycles. The zero-order valence-corrected chi connectivity index (χ0v) is 18.5. The highest BCUT2D eigenvalue weighted by atomic mass is 35.5. The van der Waals surface area contributed by atoms with Crippen molar-refractivity contribution in [2.45, 2.75) is 13.5 Å². The van der Waals surface area contributed by atoms with Crippen molar-refractivity contribution in [2.24, 2.45) is 0 Å². The first kappa shape index (κ1) is 21.8. The van der Waals surface area contributed by atoms with Gasteiger partial charge in [0.05, 0.1) is 17.4 Å². The molecule has 1 aliphatic heterocycles. The summed E-state index contributed by atoms with van der Waals surface area (Å²) in [6.07, 6.45) is 0. The van der Waals surface area contributed by atoms with Gasteiger partial charge in [0.15, 0.2) is 0 Å². The number of fused-ring (bicyclic) bond motifs is 1. The molecule has 1 aromatic heterocycles. The minimum atomic E-state index is -0.402. The van der Waals surface area contributed by atoms with Crippen molar-refractivity contribution in [3.05, 3.63) is 69.7 Å². The third kappa shape index (κ3) is 4.75. The van der Waals surface area contributed by atoms with Gasteiger partial charge < -0.3 is 15.1 Å². The average molecular weight is 454 g/mol. The molecule has 1 fully saturated rings. The van der Waals surface area contributed by atoms with Crippen molar-refractivity contribution in [1.82, 2.24) is 19.8 Å². The Morgan fingerprint density at radius 3 is 2.44 bits per heavy atom. The molecule has 1 aliphatic rings. The van der Waals surface area contributed by atoms with Crippen LogP contribution >= 0.6 is 11.6 Å². The van der Waals surface area contributed by atoms with E-state index in [2.05, 4.69) is 15.2 Å². The molecular weight excluding hydrogens is 430 g/mol. The number of carbonyl (C=O) groups excluding carboxylic acids is 2. The number of hydrogen-bond acceptors (Lipinski definition) is 5. The van der Waals surface area contributed by atoms with Crippen LogP contribution in [0.3, 0.4) is 0 Å². The number of nitrogens with zero attached hydrogens (tertiary/aromatic N) is 4. The highest BCUT2D eigenvalue weighted by Gasteiger charge is 2.22. The van der Waals surface area contributed by atoms with Gasteiger partial charge in [0.2, 0.25) is 11.8 Å². The average Bonchev–Trinajstić information content (AvgIpc) is 2.81. The molecule has 2 aromatic carbocycles. The Kier molecular flexibility index (Phi) is 6.41. The quantitative estimate of drug-likeness (QED) is 0.636. The van der Waals surface area contributed by atoms with Crippen molar-refractivity contribution < 1.29 is 9.59 Å². The lowest BCUT2D eigenvalue weighted by Crippen LogP contribution is -2.51. The molecule has 0 unspecified atom stereocenters. The van der Waals surface area contributed by atoms with Crippen LogP contribution in [-0.2, 0) is 16.1 Å². The molecule has 1 N–H and O–H groups in total. The van der Waals surface area contributed by atoms with Crippen molar-refractivity contribution >= 4 is 40.0 Å². The molecule has 166 valence electrons. The number of benzene rings is 2. The first-order valence-corrected chi connectivity index (χ1v) is 10.8. The van der Waals surface area contributed by atoms with Gasteiger partial charge in [0.1, 0.15) is 12.4 Å². The molecule has 0 atom stereocenters. The van der Waals surface area contributed by atoms with Crippen LogP contribution in [0.1, 0.15) is 5.82 Å². The number of halogens is 1. The topological polar surface area (TPSA) is 87.5 Å². The van der Waals surface area contributed by atoms with Crippen molar-refractivity contribution in [3.8, 4) is 0 Å². The van der Waals surface area contributed by atoms with E-state index < -0.39 is 5.91 Å². The Morgan fingerprint density at radius 2 is 1.72 bits per heavy atom. The highest BCUT2D eigenvalue weighted by molar-refractivity contribution is 6.30. The summed E-state index contributed by atoms with van der Waals surface area (Å²) in [6.45, 7) is 3.97. The van der Waals surface area contributed by atoms with Gasteiger partial charge in [-0.2, -0.15) is 0 Å². The summed E-state index contributed by atoms with van der Waals surface area (Å²) in [4.78, 5) is 46.0. The molecule has 0 radical (unpaired) electrons. The number of anilines is 1. The number of hydrogen-bond donors (Lipinski definition) is 1. The predicted octanol–water partition coefficient (Wildman–Crippen LogP) is 1.82. The number of para-hydroxylation sites is 1. The number of piperazine rings is 1. The fourth-order valence-corrected chi connectivity index (χ4v) is 3.94. The third-order valence-corrected chi connectivity index (χ3v) is 5.87. The fraction of sp³-hybridized carbons (Fsp3) is 0.304. The highest BCUT2D eigenvalue weighted by Crippen LogP contribution is 2.19. The van der Waals surface area contributed by atoms with Gasteiger partial charge in [-0.1, -0.05) is 23.7 Å². The summed E-state index contributed by atoms with van der Waals surface area (Å²) in [7, 11) is 0. The van der Waals surface area contributed by atoms with E-state index in [1.54, 1.807) is 30.0 Å². The normalized spacial score (nSPS) is 13.9. The number of carbonyl (C=O) groups is 2. The monoisotopic (exact) mass is 453 g/mol. The molecular formula is C23H24ClN5O3. The summed E-state index contributed by atoms with van der Waals surface area (Å²) in [5.74, 6) is -0.0938. The van der Waals surface area contributed by atoms with Crippen molar-refractivity contribution in [2.75, 3.05) is 37.6 Å². The number of aryl methyl sites for hydroxylation is 1. The molecule has 4 rings (SSSR count). The molecule has 8 nitrogen and oxygen atoms in total. The summed E-state index contributed by atoms with van der Waals surface area (Å²) in [5, 5.41) is 3.78. The van der Waals surface area contributed by atoms with E-state index in [1.165, 1.54) is 4.57 Å². The number of rotatable bonds is 5. The van der Waals surface area contributed by atoms with Gasteiger partial charge >= 0.3 is 0 Å². The lowest BCUT2D eigenvalue weighted by molar-refractivity contribution is -0.133. The molecule has 0 aliphatic carbocycles. The van der Waals surface area contributed by atoms with Crippen LogP contribution < -0.4 is 15.8 Å². The van der Waals surface area contributed by atoms with E-state index >= 15 is 0 Å². The van der Waals surface area contributed by atoms with Gasteiger partial charge in [-0.3, -0.25) is 19.0 Å². The Bertz CT molecular complexity index is 1200. The fourth-order valence-electron chi connectivity index (χ4n) is 3.82. The van der Waals surface area contributed by atoms with E-state index in [1.807, 2.05) is 30.3 Å². The summed E-state index contributed by atoms with van der Waals surface area (Å²) >= 11 is 5.94. The number of aromatic nitrogens is 2. The second-order valence-electron chi connectivity index (χ2n) is 7.69. The molecule has 0 spiro atoms. The summed E-state index contributed by atoms with van der Waals surface area (Å²) in [5.41, 5.74) is 1.40. The molecule has 9 heteroatoms. The standard InChI is InChI=1S/C23H24ClN5O3/c1-16-26-20-5-3-2-4-19(20)23(32)29(16)15-21(30)25-14-22(31)28-12-10-27(11-13-28)18-8-6-17(24)7-9-18/h2-9H,10-15H2,1H3,(H,25,30). The van der Waals surface area contributed by atoms with Crippen LogP contribution in [0.2, 0.25) is 5.02 Å². The number of amides is 2. The third-order valence-electron chi connectivity index (χ3n) is 5.62. The van der Waals surface area contributed by atoms with Gasteiger partial charge in [-0.25, -0.2) is 4.98 Å². The van der Waals surface area contributed by atoms with Crippen LogP contribution in [0.15, 0.2) is 53.3 Å². The largest absolute Gasteiger partial charge is 0.368 e. The first-order chi connectivity index (χ1) is 15.4. The first-order valence-electron chi connectivity index (χ1n) is 10.4. The Morgan fingerprint density at radius 1 is 1.03 bits per heavy atom. The predicted molar refractivity (Wildman–Crippen MR) is 124 cm³/mol. The van der Waals surface area contributed by atoms with E-state index in [4.69, 9.17) is 11.6 Å². The molecule has 3 aromatic rings. The zero-order valence-electron chi connectivity index (χ0n) is 17.8. The maximum Gasteiger partial charge on any atom is 0.261 e. The van der Waals surface area contributed by atoms with Crippen LogP contribution in [0.5, 0.6) is 0 Å². The van der Waals surface area contributed by atoms with Gasteiger partial charge in [0.25, 0.3) is 5.56 Å². The summed E-state index contributed by atoms with van der Waals surface area (Å²) < 4.78 is 1.33. The summed E-state index contributed by atoms with van der Waals surface area (Å²) in [6, 6.07) is 14.6. The Balaban J connectivity index is 1.30. The van der Waals surface area contributed by atoms with Crippen molar-refractivity contribution in [1.29, 1.82) is 0 Å². The lowest BCUT2D eigenvalue weighted by Gasteiger charge is -2.36. The maximum absolute atomic E-state index is 12.7.